The fourth-order valence-electron chi connectivity index (χ4n) is 2.24. The molecule has 2 aromatic rings. The van der Waals surface area contributed by atoms with Crippen LogP contribution in [0.4, 0.5) is 0 Å². The molecule has 1 N–H and O–H groups in total. The van der Waals surface area contributed by atoms with Gasteiger partial charge < -0.3 is 5.32 Å². The van der Waals surface area contributed by atoms with E-state index in [0.717, 1.165) is 5.56 Å². The van der Waals surface area contributed by atoms with Crippen LogP contribution in [0.3, 0.4) is 0 Å². The summed E-state index contributed by atoms with van der Waals surface area (Å²) in [4.78, 5) is 15.7. The Morgan fingerprint density at radius 1 is 1.25 bits per heavy atom. The van der Waals surface area contributed by atoms with Gasteiger partial charge in [0.25, 0.3) is 0 Å². The average Bonchev–Trinajstić information content (AvgIpc) is 2.43. The van der Waals surface area contributed by atoms with E-state index in [4.69, 9.17) is 0 Å². The van der Waals surface area contributed by atoms with Crippen LogP contribution in [-0.4, -0.2) is 16.6 Å². The monoisotopic (exact) mass is 271 g/mol. The molecule has 0 aliphatic rings. The van der Waals surface area contributed by atoms with Crippen LogP contribution in [0.5, 0.6) is 0 Å². The molecule has 1 aromatic heterocycles. The number of rotatable bonds is 4. The van der Waals surface area contributed by atoms with Crippen LogP contribution in [-0.2, 0) is 6.54 Å². The van der Waals surface area contributed by atoms with Gasteiger partial charge in [0.2, 0.25) is 0 Å². The number of hydrogen-bond acceptors (Lipinski definition) is 3. The molecule has 0 spiro atoms. The molecule has 0 aliphatic carbocycles. The molecule has 0 amide bonds. The number of hydrogen-bond donors (Lipinski definition) is 1. The predicted octanol–water partition coefficient (Wildman–Crippen LogP) is 2.13. The van der Waals surface area contributed by atoms with Crippen molar-refractivity contribution in [3.8, 4) is 0 Å². The third-order valence-electron chi connectivity index (χ3n) is 3.64. The van der Waals surface area contributed by atoms with Gasteiger partial charge in [-0.15, -0.1) is 0 Å². The van der Waals surface area contributed by atoms with Crippen molar-refractivity contribution in [3.05, 3.63) is 63.3 Å². The van der Waals surface area contributed by atoms with Crippen LogP contribution in [0.15, 0.2) is 35.4 Å². The lowest BCUT2D eigenvalue weighted by molar-refractivity contribution is 0.483. The van der Waals surface area contributed by atoms with Crippen molar-refractivity contribution < 1.29 is 0 Å². The Balaban J connectivity index is 2.31. The number of nitrogens with zero attached hydrogens (tertiary/aromatic N) is 2. The Hall–Kier alpha value is -1.94. The minimum atomic E-state index is -0.209. The largest absolute Gasteiger partial charge is 0.347 e. The van der Waals surface area contributed by atoms with E-state index >= 15 is 0 Å². The van der Waals surface area contributed by atoms with E-state index in [1.165, 1.54) is 16.7 Å². The summed E-state index contributed by atoms with van der Waals surface area (Å²) < 4.78 is 1.66. The van der Waals surface area contributed by atoms with E-state index in [1.54, 1.807) is 10.8 Å². The van der Waals surface area contributed by atoms with E-state index < -0.39 is 0 Å². The second-order valence-corrected chi connectivity index (χ2v) is 5.25. The number of likely N-dealkylation sites (N-methyl/N-ethyl adjacent to an activating group) is 1. The number of nitrogens with one attached hydrogen (secondary N) is 1. The van der Waals surface area contributed by atoms with E-state index in [1.807, 2.05) is 20.2 Å². The normalized spacial score (nSPS) is 12.4. The van der Waals surface area contributed by atoms with Crippen LogP contribution >= 0.6 is 0 Å². The zero-order valence-corrected chi connectivity index (χ0v) is 12.5. The van der Waals surface area contributed by atoms with E-state index in [-0.39, 0.29) is 11.7 Å². The molecule has 4 nitrogen and oxygen atoms in total. The third-order valence-corrected chi connectivity index (χ3v) is 3.64. The highest BCUT2D eigenvalue weighted by atomic mass is 16.1. The summed E-state index contributed by atoms with van der Waals surface area (Å²) in [7, 11) is 1.91. The molecule has 0 saturated heterocycles. The van der Waals surface area contributed by atoms with Crippen LogP contribution in [0.25, 0.3) is 0 Å². The Kier molecular flexibility index (Phi) is 4.35. The summed E-state index contributed by atoms with van der Waals surface area (Å²) in [6.07, 6.45) is 3.45. The summed E-state index contributed by atoms with van der Waals surface area (Å²) in [6, 6.07) is 6.49. The Labute approximate surface area is 119 Å². The Morgan fingerprint density at radius 2 is 2.00 bits per heavy atom. The average molecular weight is 271 g/mol. The minimum Gasteiger partial charge on any atom is -0.312 e. The first-order chi connectivity index (χ1) is 9.51. The maximum Gasteiger partial charge on any atom is 0.347 e. The maximum atomic E-state index is 11.8. The number of benzene rings is 1. The van der Waals surface area contributed by atoms with Crippen molar-refractivity contribution in [1.82, 2.24) is 14.9 Å². The minimum absolute atomic E-state index is 0.0931. The van der Waals surface area contributed by atoms with E-state index in [2.05, 4.69) is 42.3 Å². The lowest BCUT2D eigenvalue weighted by Gasteiger charge is -2.19. The quantitative estimate of drug-likeness (QED) is 0.926. The zero-order chi connectivity index (χ0) is 14.7. The van der Waals surface area contributed by atoms with Crippen molar-refractivity contribution in [1.29, 1.82) is 0 Å². The number of aryl methyl sites for hydroxylation is 3. The van der Waals surface area contributed by atoms with E-state index in [0.29, 0.717) is 6.54 Å². The zero-order valence-electron chi connectivity index (χ0n) is 12.5. The molecule has 2 rings (SSSR count). The smallest absolute Gasteiger partial charge is 0.312 e. The lowest BCUT2D eigenvalue weighted by Crippen LogP contribution is -2.30. The molecule has 1 heterocycles. The first-order valence-electron chi connectivity index (χ1n) is 6.78. The van der Waals surface area contributed by atoms with Gasteiger partial charge in [0, 0.05) is 18.9 Å². The fraction of sp³-hybridized carbons (Fsp3) is 0.375. The lowest BCUT2D eigenvalue weighted by atomic mass is 10.0. The standard InChI is InChI=1S/C16H21N3O/c1-11-8-18-16(20)19(9-11)10-15(17-4)14-6-5-12(2)13(3)7-14/h5-9,15,17H,10H2,1-4H3. The Bertz CT molecular complexity index is 661. The molecule has 106 valence electrons. The molecule has 0 aliphatic heterocycles. The molecule has 0 radical (unpaired) electrons. The molecule has 0 saturated carbocycles. The maximum absolute atomic E-state index is 11.8. The molecule has 0 fully saturated rings. The molecule has 1 atom stereocenters. The van der Waals surface area contributed by atoms with Crippen molar-refractivity contribution in [2.75, 3.05) is 7.05 Å². The number of aromatic nitrogens is 2. The van der Waals surface area contributed by atoms with Crippen molar-refractivity contribution in [2.24, 2.45) is 0 Å². The van der Waals surface area contributed by atoms with Crippen LogP contribution in [0.2, 0.25) is 0 Å². The fourth-order valence-corrected chi connectivity index (χ4v) is 2.24. The summed E-state index contributed by atoms with van der Waals surface area (Å²) in [5.41, 5.74) is 4.50. The second-order valence-electron chi connectivity index (χ2n) is 5.25. The summed E-state index contributed by atoms with van der Waals surface area (Å²) >= 11 is 0. The van der Waals surface area contributed by atoms with Crippen molar-refractivity contribution in [2.45, 2.75) is 33.4 Å². The molecule has 20 heavy (non-hydrogen) atoms. The highest BCUT2D eigenvalue weighted by molar-refractivity contribution is 5.31. The van der Waals surface area contributed by atoms with Gasteiger partial charge in [-0.25, -0.2) is 9.78 Å². The van der Waals surface area contributed by atoms with Crippen LogP contribution in [0.1, 0.15) is 28.3 Å². The molecule has 4 heteroatoms. The summed E-state index contributed by atoms with van der Waals surface area (Å²) in [5.74, 6) is 0. The summed E-state index contributed by atoms with van der Waals surface area (Å²) in [5, 5.41) is 3.27. The van der Waals surface area contributed by atoms with Gasteiger partial charge >= 0.3 is 5.69 Å². The van der Waals surface area contributed by atoms with Crippen molar-refractivity contribution >= 4 is 0 Å². The van der Waals surface area contributed by atoms with E-state index in [9.17, 15) is 4.79 Å². The van der Waals surface area contributed by atoms with Gasteiger partial charge in [-0.2, -0.15) is 0 Å². The van der Waals surface area contributed by atoms with Gasteiger partial charge in [-0.1, -0.05) is 18.2 Å². The highest BCUT2D eigenvalue weighted by Crippen LogP contribution is 2.18. The van der Waals surface area contributed by atoms with Gasteiger partial charge in [0.15, 0.2) is 0 Å². The molecule has 1 unspecified atom stereocenters. The summed E-state index contributed by atoms with van der Waals surface area (Å²) in [6.45, 7) is 6.72. The van der Waals surface area contributed by atoms with Gasteiger partial charge in [0.05, 0.1) is 6.04 Å². The van der Waals surface area contributed by atoms with Gasteiger partial charge in [-0.3, -0.25) is 4.57 Å². The molecular formula is C16H21N3O. The SMILES string of the molecule is CNC(Cn1cc(C)cnc1=O)c1ccc(C)c(C)c1. The predicted molar refractivity (Wildman–Crippen MR) is 81.0 cm³/mol. The third kappa shape index (κ3) is 3.14. The highest BCUT2D eigenvalue weighted by Gasteiger charge is 2.12. The molecular weight excluding hydrogens is 250 g/mol. The van der Waals surface area contributed by atoms with Crippen LogP contribution < -0.4 is 11.0 Å². The van der Waals surface area contributed by atoms with Gasteiger partial charge in [0.1, 0.15) is 0 Å². The van der Waals surface area contributed by atoms with Gasteiger partial charge in [-0.05, 0) is 50.1 Å². The second kappa shape index (κ2) is 6.01. The van der Waals surface area contributed by atoms with Crippen molar-refractivity contribution in [3.63, 3.8) is 0 Å². The first-order valence-corrected chi connectivity index (χ1v) is 6.78. The molecule has 0 bridgehead atoms. The molecule has 1 aromatic carbocycles. The Morgan fingerprint density at radius 3 is 2.65 bits per heavy atom. The first kappa shape index (κ1) is 14.5. The topological polar surface area (TPSA) is 46.9 Å². The van der Waals surface area contributed by atoms with Crippen LogP contribution in [0, 0.1) is 20.8 Å².